The summed E-state index contributed by atoms with van der Waals surface area (Å²) in [5, 5.41) is 4.91. The number of aromatic nitrogens is 1. The van der Waals surface area contributed by atoms with Crippen molar-refractivity contribution in [3.8, 4) is 11.5 Å². The Labute approximate surface area is 209 Å². The molecule has 8 nitrogen and oxygen atoms in total. The summed E-state index contributed by atoms with van der Waals surface area (Å²) in [6, 6.07) is 19.7. The number of pyridine rings is 1. The Morgan fingerprint density at radius 2 is 1.83 bits per heavy atom. The minimum Gasteiger partial charge on any atom is -0.497 e. The van der Waals surface area contributed by atoms with Gasteiger partial charge < -0.3 is 25.3 Å². The van der Waals surface area contributed by atoms with Gasteiger partial charge in [0.2, 0.25) is 5.91 Å². The lowest BCUT2D eigenvalue weighted by Crippen LogP contribution is -2.27. The molecular weight excluding hydrogens is 458 g/mol. The van der Waals surface area contributed by atoms with Crippen LogP contribution in [0.2, 0.25) is 0 Å². The number of esters is 1. The normalized spacial score (nSPS) is 11.5. The summed E-state index contributed by atoms with van der Waals surface area (Å²) in [5.74, 6) is -0.390. The van der Waals surface area contributed by atoms with Crippen LogP contribution in [-0.4, -0.2) is 37.6 Å². The van der Waals surface area contributed by atoms with Crippen LogP contribution < -0.4 is 20.5 Å². The quantitative estimate of drug-likeness (QED) is 0.340. The number of nitrogens with zero attached hydrogens (tertiary/aromatic N) is 1. The van der Waals surface area contributed by atoms with E-state index in [-0.39, 0.29) is 19.1 Å². The summed E-state index contributed by atoms with van der Waals surface area (Å²) >= 11 is 0. The van der Waals surface area contributed by atoms with Crippen molar-refractivity contribution in [1.82, 2.24) is 4.98 Å². The summed E-state index contributed by atoms with van der Waals surface area (Å²) in [4.78, 5) is 29.8. The lowest BCUT2D eigenvalue weighted by Gasteiger charge is -2.17. The van der Waals surface area contributed by atoms with Crippen LogP contribution in [0.15, 0.2) is 79.1 Å². The van der Waals surface area contributed by atoms with Crippen molar-refractivity contribution in [3.63, 3.8) is 0 Å². The minimum atomic E-state index is -0.574. The Morgan fingerprint density at radius 1 is 0.972 bits per heavy atom. The van der Waals surface area contributed by atoms with Crippen LogP contribution in [0.5, 0.6) is 11.5 Å². The zero-order valence-electron chi connectivity index (χ0n) is 20.1. The fourth-order valence-corrected chi connectivity index (χ4v) is 3.88. The second-order valence-corrected chi connectivity index (χ2v) is 8.10. The average molecular weight is 486 g/mol. The molecule has 0 saturated carbocycles. The largest absolute Gasteiger partial charge is 0.497 e. The van der Waals surface area contributed by atoms with Gasteiger partial charge in [-0.3, -0.25) is 9.78 Å². The molecule has 3 N–H and O–H groups in total. The molecule has 1 aromatic heterocycles. The van der Waals surface area contributed by atoms with Gasteiger partial charge in [0.05, 0.1) is 20.1 Å². The van der Waals surface area contributed by atoms with Gasteiger partial charge in [-0.05, 0) is 46.8 Å². The zero-order chi connectivity index (χ0) is 25.5. The molecule has 0 aliphatic heterocycles. The van der Waals surface area contributed by atoms with E-state index in [1.165, 1.54) is 14.2 Å². The van der Waals surface area contributed by atoms with Crippen molar-refractivity contribution >= 4 is 28.3 Å². The van der Waals surface area contributed by atoms with Gasteiger partial charge >= 0.3 is 5.97 Å². The number of fused-ring (bicyclic) bond motifs is 1. The highest BCUT2D eigenvalue weighted by molar-refractivity contribution is 5.98. The van der Waals surface area contributed by atoms with Gasteiger partial charge in [0.15, 0.2) is 0 Å². The third kappa shape index (κ3) is 5.61. The van der Waals surface area contributed by atoms with Crippen LogP contribution in [0.1, 0.15) is 27.4 Å². The highest BCUT2D eigenvalue weighted by Gasteiger charge is 2.20. The van der Waals surface area contributed by atoms with Crippen molar-refractivity contribution in [2.24, 2.45) is 5.73 Å². The summed E-state index contributed by atoms with van der Waals surface area (Å²) in [6.07, 6.45) is 3.48. The molecule has 1 atom stereocenters. The van der Waals surface area contributed by atoms with Crippen LogP contribution in [-0.2, 0) is 16.1 Å². The number of hydrogen-bond donors (Lipinski definition) is 2. The van der Waals surface area contributed by atoms with Crippen molar-refractivity contribution < 1.29 is 23.8 Å². The molecule has 1 heterocycles. The maximum absolute atomic E-state index is 13.1. The third-order valence-corrected chi connectivity index (χ3v) is 5.81. The number of carbonyl (C=O) groups excluding carboxylic acids is 2. The maximum Gasteiger partial charge on any atom is 0.342 e. The Bertz CT molecular complexity index is 1390. The Hall–Kier alpha value is -4.43. The first-order valence-electron chi connectivity index (χ1n) is 11.3. The van der Waals surface area contributed by atoms with E-state index in [0.29, 0.717) is 22.7 Å². The molecule has 0 radical (unpaired) electrons. The Balaban J connectivity index is 1.44. The highest BCUT2D eigenvalue weighted by atomic mass is 16.5. The number of rotatable bonds is 9. The molecule has 0 saturated heterocycles. The first kappa shape index (κ1) is 24.7. The standard InChI is InChI=1S/C28H27N3O5/c1-34-23-8-9-24(26(14-23)35-2)28(33)36-17-18-4-3-5-20(12-18)25(15-29)27(32)31-22-7-6-21-16-30-11-10-19(21)13-22/h3-14,16,25H,15,17,29H2,1-2H3,(H,31,32). The smallest absolute Gasteiger partial charge is 0.342 e. The van der Waals surface area contributed by atoms with Gasteiger partial charge in [0.1, 0.15) is 23.7 Å². The highest BCUT2D eigenvalue weighted by Crippen LogP contribution is 2.26. The number of hydrogen-bond acceptors (Lipinski definition) is 7. The van der Waals surface area contributed by atoms with Gasteiger partial charge in [-0.25, -0.2) is 4.79 Å². The minimum absolute atomic E-state index is 0.0273. The summed E-state index contributed by atoms with van der Waals surface area (Å²) in [7, 11) is 3.01. The van der Waals surface area contributed by atoms with Crippen molar-refractivity contribution in [1.29, 1.82) is 0 Å². The van der Waals surface area contributed by atoms with E-state index in [0.717, 1.165) is 21.9 Å². The van der Waals surface area contributed by atoms with E-state index in [1.807, 2.05) is 48.5 Å². The molecule has 36 heavy (non-hydrogen) atoms. The number of carbonyl (C=O) groups is 2. The number of methoxy groups -OCH3 is 2. The number of nitrogens with one attached hydrogen (secondary N) is 1. The second-order valence-electron chi connectivity index (χ2n) is 8.10. The lowest BCUT2D eigenvalue weighted by atomic mass is 9.96. The average Bonchev–Trinajstić information content (AvgIpc) is 2.92. The summed E-state index contributed by atoms with van der Waals surface area (Å²) in [6.45, 7) is 0.148. The van der Waals surface area contributed by atoms with Gasteiger partial charge in [0.25, 0.3) is 0 Å². The number of nitrogens with two attached hydrogens (primary N) is 1. The molecule has 0 aliphatic carbocycles. The number of amides is 1. The molecule has 0 bridgehead atoms. The van der Waals surface area contributed by atoms with Crippen LogP contribution in [0.25, 0.3) is 10.8 Å². The van der Waals surface area contributed by atoms with E-state index in [9.17, 15) is 9.59 Å². The summed E-state index contributed by atoms with van der Waals surface area (Å²) in [5.41, 5.74) is 8.41. The first-order chi connectivity index (χ1) is 17.5. The lowest BCUT2D eigenvalue weighted by molar-refractivity contribution is -0.117. The maximum atomic E-state index is 13.1. The fourth-order valence-electron chi connectivity index (χ4n) is 3.88. The predicted octanol–water partition coefficient (Wildman–Crippen LogP) is 4.29. The number of ether oxygens (including phenoxy) is 3. The van der Waals surface area contributed by atoms with E-state index >= 15 is 0 Å². The van der Waals surface area contributed by atoms with E-state index in [2.05, 4.69) is 10.3 Å². The summed E-state index contributed by atoms with van der Waals surface area (Å²) < 4.78 is 15.9. The van der Waals surface area contributed by atoms with Crippen LogP contribution >= 0.6 is 0 Å². The van der Waals surface area contributed by atoms with E-state index < -0.39 is 11.9 Å². The molecule has 0 fully saturated rings. The second kappa shape index (κ2) is 11.3. The van der Waals surface area contributed by atoms with Crippen LogP contribution in [0.3, 0.4) is 0 Å². The monoisotopic (exact) mass is 485 g/mol. The Kier molecular flexibility index (Phi) is 7.77. The topological polar surface area (TPSA) is 113 Å². The van der Waals surface area contributed by atoms with E-state index in [1.54, 1.807) is 30.6 Å². The molecule has 0 spiro atoms. The van der Waals surface area contributed by atoms with Gasteiger partial charge in [-0.15, -0.1) is 0 Å². The molecular formula is C28H27N3O5. The fraction of sp³-hybridized carbons (Fsp3) is 0.179. The molecule has 1 unspecified atom stereocenters. The van der Waals surface area contributed by atoms with E-state index in [4.69, 9.17) is 19.9 Å². The van der Waals surface area contributed by atoms with Gasteiger partial charge in [0, 0.05) is 36.1 Å². The molecule has 3 aromatic carbocycles. The molecule has 184 valence electrons. The van der Waals surface area contributed by atoms with Gasteiger partial charge in [-0.2, -0.15) is 0 Å². The molecule has 4 rings (SSSR count). The molecule has 4 aromatic rings. The SMILES string of the molecule is COc1ccc(C(=O)OCc2cccc(C(CN)C(=O)Nc3ccc4cnccc4c3)c2)c(OC)c1. The van der Waals surface area contributed by atoms with Crippen molar-refractivity contribution in [2.45, 2.75) is 12.5 Å². The van der Waals surface area contributed by atoms with Gasteiger partial charge in [-0.1, -0.05) is 30.3 Å². The number of benzene rings is 3. The van der Waals surface area contributed by atoms with Crippen molar-refractivity contribution in [2.75, 3.05) is 26.1 Å². The predicted molar refractivity (Wildman–Crippen MR) is 137 cm³/mol. The van der Waals surface area contributed by atoms with Crippen LogP contribution in [0.4, 0.5) is 5.69 Å². The van der Waals surface area contributed by atoms with Crippen molar-refractivity contribution in [3.05, 3.63) is 95.8 Å². The zero-order valence-corrected chi connectivity index (χ0v) is 20.1. The number of anilines is 1. The first-order valence-corrected chi connectivity index (χ1v) is 11.3. The molecule has 8 heteroatoms. The van der Waals surface area contributed by atoms with Crippen LogP contribution in [0, 0.1) is 0 Å². The Morgan fingerprint density at radius 3 is 2.61 bits per heavy atom. The molecule has 0 aliphatic rings. The third-order valence-electron chi connectivity index (χ3n) is 5.81. The molecule has 1 amide bonds.